The third-order valence-electron chi connectivity index (χ3n) is 13.9. The fourth-order valence-electron chi connectivity index (χ4n) is 10.8. The van der Waals surface area contributed by atoms with Gasteiger partial charge in [-0.3, -0.25) is 0 Å². The van der Waals surface area contributed by atoms with E-state index in [0.29, 0.717) is 0 Å². The highest BCUT2D eigenvalue weighted by atomic mass is 15.1. The van der Waals surface area contributed by atoms with Gasteiger partial charge in [-0.2, -0.15) is 0 Å². The summed E-state index contributed by atoms with van der Waals surface area (Å²) in [6.45, 7) is 0. The van der Waals surface area contributed by atoms with Crippen LogP contribution in [0.1, 0.15) is 0 Å². The van der Waals surface area contributed by atoms with Crippen molar-refractivity contribution in [3.8, 4) is 39.1 Å². The van der Waals surface area contributed by atoms with Crippen molar-refractivity contribution in [2.45, 2.75) is 0 Å². The van der Waals surface area contributed by atoms with Crippen LogP contribution >= 0.6 is 0 Å². The number of hydrogen-bond acceptors (Lipinski definition) is 2. The van der Waals surface area contributed by atoms with Gasteiger partial charge in [-0.1, -0.05) is 188 Å². The molecule has 0 saturated heterocycles. The molecule has 0 N–H and O–H groups in total. The highest BCUT2D eigenvalue weighted by Crippen LogP contribution is 2.46. The lowest BCUT2D eigenvalue weighted by Gasteiger charge is -2.26. The van der Waals surface area contributed by atoms with Crippen molar-refractivity contribution < 1.29 is 0 Å². The van der Waals surface area contributed by atoms with E-state index >= 15 is 0 Å². The predicted molar refractivity (Wildman–Crippen MR) is 301 cm³/mol. The van der Waals surface area contributed by atoms with Gasteiger partial charge in [0.15, 0.2) is 0 Å². The highest BCUT2D eigenvalue weighted by Gasteiger charge is 2.22. The van der Waals surface area contributed by atoms with E-state index in [4.69, 9.17) is 0 Å². The largest absolute Gasteiger partial charge is 0.310 e. The van der Waals surface area contributed by atoms with Crippen LogP contribution in [0.3, 0.4) is 0 Å². The van der Waals surface area contributed by atoms with Gasteiger partial charge in [0.1, 0.15) is 0 Å². The van der Waals surface area contributed by atoms with Crippen LogP contribution in [0, 0.1) is 0 Å². The minimum absolute atomic E-state index is 1.09. The first kappa shape index (κ1) is 41.7. The van der Waals surface area contributed by atoms with Gasteiger partial charge in [0.05, 0.1) is 11.0 Å². The average molecular weight is 906 g/mol. The molecule has 12 aromatic carbocycles. The Morgan fingerprint density at radius 1 is 0.211 bits per heavy atom. The van der Waals surface area contributed by atoms with Crippen molar-refractivity contribution in [3.05, 3.63) is 285 Å². The Morgan fingerprint density at radius 2 is 0.549 bits per heavy atom. The second-order valence-electron chi connectivity index (χ2n) is 18.1. The van der Waals surface area contributed by atoms with E-state index in [1.54, 1.807) is 0 Å². The standard InChI is InChI=1S/C68H47N3/c1-6-21-48(22-7-1)49-37-39-50(40-38-49)67-59-33-16-18-35-61(59)68(62-36-19-17-34-60(62)67)51-23-20-32-56(45-51)71-65-43-41-57(69(52-24-8-2-9-25-52)53-26-10-3-11-27-53)46-63(65)64-47-58(42-44-66(64)71)70(54-28-12-4-13-29-54)55-30-14-5-15-31-55/h1-47H. The third kappa shape index (κ3) is 7.49. The van der Waals surface area contributed by atoms with Gasteiger partial charge in [0.25, 0.3) is 0 Å². The van der Waals surface area contributed by atoms with Crippen LogP contribution in [0.5, 0.6) is 0 Å². The number of rotatable bonds is 10. The summed E-state index contributed by atoms with van der Waals surface area (Å²) >= 11 is 0. The Hall–Kier alpha value is -9.44. The Balaban J connectivity index is 1.02. The lowest BCUT2D eigenvalue weighted by Crippen LogP contribution is -2.09. The van der Waals surface area contributed by atoms with Crippen molar-refractivity contribution in [2.75, 3.05) is 9.80 Å². The summed E-state index contributed by atoms with van der Waals surface area (Å²) in [4.78, 5) is 4.70. The first-order valence-electron chi connectivity index (χ1n) is 24.3. The van der Waals surface area contributed by atoms with E-state index < -0.39 is 0 Å². The van der Waals surface area contributed by atoms with E-state index in [2.05, 4.69) is 299 Å². The molecule has 0 unspecified atom stereocenters. The smallest absolute Gasteiger partial charge is 0.0542 e. The van der Waals surface area contributed by atoms with Gasteiger partial charge in [0.2, 0.25) is 0 Å². The molecule has 0 fully saturated rings. The quantitative estimate of drug-likeness (QED) is 0.127. The molecular formula is C68H47N3. The van der Waals surface area contributed by atoms with Crippen molar-refractivity contribution in [1.82, 2.24) is 4.57 Å². The molecule has 0 atom stereocenters. The summed E-state index contributed by atoms with van der Waals surface area (Å²) in [6, 6.07) is 103. The number of nitrogens with zero attached hydrogens (tertiary/aromatic N) is 3. The number of benzene rings is 12. The molecule has 0 radical (unpaired) electrons. The normalized spacial score (nSPS) is 11.4. The highest BCUT2D eigenvalue weighted by molar-refractivity contribution is 6.21. The summed E-state index contributed by atoms with van der Waals surface area (Å²) in [5.41, 5.74) is 17.2. The van der Waals surface area contributed by atoms with Crippen LogP contribution in [0.2, 0.25) is 0 Å². The average Bonchev–Trinajstić information content (AvgIpc) is 3.77. The molecule has 13 rings (SSSR count). The van der Waals surface area contributed by atoms with Crippen LogP contribution in [-0.4, -0.2) is 4.57 Å². The van der Waals surface area contributed by atoms with E-state index in [1.165, 1.54) is 65.7 Å². The Kier molecular flexibility index (Phi) is 10.5. The van der Waals surface area contributed by atoms with Gasteiger partial charge in [-0.15, -0.1) is 0 Å². The Bertz CT molecular complexity index is 3740. The van der Waals surface area contributed by atoms with E-state index in [1.807, 2.05) is 0 Å². The molecule has 0 aliphatic rings. The van der Waals surface area contributed by atoms with E-state index in [0.717, 1.165) is 50.8 Å². The third-order valence-corrected chi connectivity index (χ3v) is 13.9. The second kappa shape index (κ2) is 17.9. The van der Waals surface area contributed by atoms with Crippen LogP contribution < -0.4 is 9.80 Å². The summed E-state index contributed by atoms with van der Waals surface area (Å²) in [7, 11) is 0. The number of aromatic nitrogens is 1. The molecule has 1 heterocycles. The van der Waals surface area contributed by atoms with Crippen LogP contribution in [0.15, 0.2) is 285 Å². The molecule has 0 saturated carbocycles. The topological polar surface area (TPSA) is 11.4 Å². The molecular weight excluding hydrogens is 859 g/mol. The summed E-state index contributed by atoms with van der Waals surface area (Å²) in [5.74, 6) is 0. The van der Waals surface area contributed by atoms with Crippen LogP contribution in [0.25, 0.3) is 82.4 Å². The van der Waals surface area contributed by atoms with Crippen molar-refractivity contribution in [1.29, 1.82) is 0 Å². The number of fused-ring (bicyclic) bond motifs is 5. The van der Waals surface area contributed by atoms with Gasteiger partial charge in [0, 0.05) is 50.6 Å². The molecule has 0 bridgehead atoms. The molecule has 0 amide bonds. The zero-order chi connectivity index (χ0) is 47.1. The van der Waals surface area contributed by atoms with Gasteiger partial charge >= 0.3 is 0 Å². The van der Waals surface area contributed by atoms with Crippen molar-refractivity contribution in [2.24, 2.45) is 0 Å². The van der Waals surface area contributed by atoms with Gasteiger partial charge in [-0.25, -0.2) is 0 Å². The summed E-state index contributed by atoms with van der Waals surface area (Å²) in [5, 5.41) is 7.26. The summed E-state index contributed by atoms with van der Waals surface area (Å²) in [6.07, 6.45) is 0. The van der Waals surface area contributed by atoms with Gasteiger partial charge < -0.3 is 14.4 Å². The molecule has 3 heteroatoms. The summed E-state index contributed by atoms with van der Waals surface area (Å²) < 4.78 is 2.46. The lowest BCUT2D eigenvalue weighted by atomic mass is 9.85. The maximum absolute atomic E-state index is 2.46. The molecule has 3 nitrogen and oxygen atoms in total. The maximum atomic E-state index is 2.46. The molecule has 0 spiro atoms. The number of hydrogen-bond donors (Lipinski definition) is 0. The molecule has 0 aliphatic carbocycles. The zero-order valence-corrected chi connectivity index (χ0v) is 39.0. The minimum atomic E-state index is 1.09. The fraction of sp³-hybridized carbons (Fsp3) is 0. The number of para-hydroxylation sites is 4. The monoisotopic (exact) mass is 905 g/mol. The molecule has 334 valence electrons. The van der Waals surface area contributed by atoms with Crippen molar-refractivity contribution in [3.63, 3.8) is 0 Å². The Morgan fingerprint density at radius 3 is 0.972 bits per heavy atom. The van der Waals surface area contributed by atoms with Crippen molar-refractivity contribution >= 4 is 77.5 Å². The molecule has 71 heavy (non-hydrogen) atoms. The SMILES string of the molecule is c1ccc(-c2ccc(-c3c4ccccc4c(-c4cccc(-n5c6ccc(N(c7ccccc7)c7ccccc7)cc6c6cc(N(c7ccccc7)c7ccccc7)ccc65)c4)c4ccccc34)cc2)cc1. The number of anilines is 6. The maximum Gasteiger partial charge on any atom is 0.0542 e. The minimum Gasteiger partial charge on any atom is -0.310 e. The molecule has 0 aliphatic heterocycles. The predicted octanol–water partition coefficient (Wildman–Crippen LogP) is 19.0. The zero-order valence-electron chi connectivity index (χ0n) is 39.0. The first-order chi connectivity index (χ1) is 35.2. The molecule has 13 aromatic rings. The van der Waals surface area contributed by atoms with E-state index in [9.17, 15) is 0 Å². The molecule has 1 aromatic heterocycles. The lowest BCUT2D eigenvalue weighted by molar-refractivity contribution is 1.18. The fourth-order valence-corrected chi connectivity index (χ4v) is 10.8. The van der Waals surface area contributed by atoms with Crippen LogP contribution in [0.4, 0.5) is 34.1 Å². The first-order valence-corrected chi connectivity index (χ1v) is 24.3. The second-order valence-corrected chi connectivity index (χ2v) is 18.1. The van der Waals surface area contributed by atoms with E-state index in [-0.39, 0.29) is 0 Å². The van der Waals surface area contributed by atoms with Gasteiger partial charge in [-0.05, 0) is 152 Å². The Labute approximate surface area is 414 Å². The van der Waals surface area contributed by atoms with Crippen LogP contribution in [-0.2, 0) is 0 Å².